The van der Waals surface area contributed by atoms with Gasteiger partial charge < -0.3 is 16.4 Å². The number of rotatable bonds is 5. The van der Waals surface area contributed by atoms with Crippen molar-refractivity contribution in [2.24, 2.45) is 0 Å². The van der Waals surface area contributed by atoms with E-state index in [0.29, 0.717) is 17.1 Å². The Morgan fingerprint density at radius 2 is 2.30 bits per heavy atom. The van der Waals surface area contributed by atoms with E-state index >= 15 is 0 Å². The first-order chi connectivity index (χ1) is 9.47. The number of anilines is 2. The average molecular weight is 375 g/mol. The summed E-state index contributed by atoms with van der Waals surface area (Å²) in [5.74, 6) is 0.0733. The van der Waals surface area contributed by atoms with Gasteiger partial charge in [-0.3, -0.25) is 4.79 Å². The molecule has 108 valence electrons. The fourth-order valence-corrected chi connectivity index (χ4v) is 3.69. The largest absolute Gasteiger partial charge is 0.382 e. The predicted molar refractivity (Wildman–Crippen MR) is 88.5 cm³/mol. The Labute approximate surface area is 133 Å². The zero-order valence-corrected chi connectivity index (χ0v) is 14.3. The first kappa shape index (κ1) is 15.3. The highest BCUT2D eigenvalue weighted by Gasteiger charge is 2.19. The normalized spacial score (nSPS) is 10.8. The summed E-state index contributed by atoms with van der Waals surface area (Å²) in [6.07, 6.45) is 0. The Kier molecular flexibility index (Phi) is 5.00. The van der Waals surface area contributed by atoms with E-state index in [1.807, 2.05) is 25.3 Å². The second-order valence-corrected chi connectivity index (χ2v) is 7.17. The second kappa shape index (κ2) is 6.55. The van der Waals surface area contributed by atoms with Gasteiger partial charge in [0.2, 0.25) is 0 Å². The van der Waals surface area contributed by atoms with Crippen molar-refractivity contribution in [3.05, 3.63) is 26.4 Å². The molecule has 0 saturated carbocycles. The number of halogens is 1. The number of hydrogen-bond donors (Lipinski definition) is 3. The van der Waals surface area contributed by atoms with Gasteiger partial charge in [-0.1, -0.05) is 0 Å². The average Bonchev–Trinajstić information content (AvgIpc) is 2.92. The van der Waals surface area contributed by atoms with Crippen LogP contribution in [0.5, 0.6) is 0 Å². The third-order valence-corrected chi connectivity index (χ3v) is 4.93. The number of nitrogens with one attached hydrogen (secondary N) is 2. The van der Waals surface area contributed by atoms with E-state index in [2.05, 4.69) is 30.9 Å². The standard InChI is InChI=1S/C12H15BrN4OS2/c1-6(2)16-11(18)9-10(14)17-20-12(9)15-4-8-3-7(13)5-19-8/h3,5-6,15H,4H2,1-2H3,(H2,14,17)(H,16,18). The van der Waals surface area contributed by atoms with E-state index in [9.17, 15) is 4.79 Å². The minimum atomic E-state index is -0.193. The van der Waals surface area contributed by atoms with E-state index in [-0.39, 0.29) is 17.8 Å². The molecule has 2 aromatic rings. The Bertz CT molecular complexity index is 608. The maximum absolute atomic E-state index is 12.1. The van der Waals surface area contributed by atoms with Crippen LogP contribution >= 0.6 is 38.8 Å². The number of nitrogens with zero attached hydrogens (tertiary/aromatic N) is 1. The van der Waals surface area contributed by atoms with Gasteiger partial charge in [0.1, 0.15) is 10.6 Å². The summed E-state index contributed by atoms with van der Waals surface area (Å²) in [6.45, 7) is 4.45. The lowest BCUT2D eigenvalue weighted by molar-refractivity contribution is 0.0945. The molecular weight excluding hydrogens is 360 g/mol. The van der Waals surface area contributed by atoms with Crippen LogP contribution < -0.4 is 16.4 Å². The quantitative estimate of drug-likeness (QED) is 0.749. The summed E-state index contributed by atoms with van der Waals surface area (Å²) in [5.41, 5.74) is 6.21. The molecule has 0 unspecified atom stereocenters. The summed E-state index contributed by atoms with van der Waals surface area (Å²) in [7, 11) is 0. The van der Waals surface area contributed by atoms with Crippen molar-refractivity contribution >= 4 is 55.5 Å². The molecule has 20 heavy (non-hydrogen) atoms. The maximum Gasteiger partial charge on any atom is 0.258 e. The maximum atomic E-state index is 12.1. The van der Waals surface area contributed by atoms with E-state index < -0.39 is 0 Å². The summed E-state index contributed by atoms with van der Waals surface area (Å²) in [6, 6.07) is 2.10. The first-order valence-electron chi connectivity index (χ1n) is 6.00. The van der Waals surface area contributed by atoms with Crippen molar-refractivity contribution in [1.82, 2.24) is 9.69 Å². The molecule has 8 heteroatoms. The number of thiophene rings is 1. The van der Waals surface area contributed by atoms with E-state index in [0.717, 1.165) is 4.47 Å². The van der Waals surface area contributed by atoms with Crippen molar-refractivity contribution in [3.63, 3.8) is 0 Å². The summed E-state index contributed by atoms with van der Waals surface area (Å²) in [4.78, 5) is 13.3. The highest BCUT2D eigenvalue weighted by atomic mass is 79.9. The lowest BCUT2D eigenvalue weighted by Crippen LogP contribution is -2.30. The van der Waals surface area contributed by atoms with Crippen LogP contribution in [0.25, 0.3) is 0 Å². The van der Waals surface area contributed by atoms with Crippen molar-refractivity contribution in [1.29, 1.82) is 0 Å². The predicted octanol–water partition coefficient (Wildman–Crippen LogP) is 3.30. The molecule has 0 aromatic carbocycles. The van der Waals surface area contributed by atoms with Crippen LogP contribution in [0.2, 0.25) is 0 Å². The number of carbonyl (C=O) groups excluding carboxylic acids is 1. The number of amides is 1. The second-order valence-electron chi connectivity index (χ2n) is 4.48. The number of aromatic nitrogens is 1. The zero-order chi connectivity index (χ0) is 14.7. The molecule has 0 atom stereocenters. The van der Waals surface area contributed by atoms with E-state index in [1.54, 1.807) is 11.3 Å². The van der Waals surface area contributed by atoms with Gasteiger partial charge in [0, 0.05) is 20.8 Å². The Morgan fingerprint density at radius 3 is 2.90 bits per heavy atom. The number of hydrogen-bond acceptors (Lipinski definition) is 6. The summed E-state index contributed by atoms with van der Waals surface area (Å²) in [5, 5.41) is 8.77. The molecule has 0 spiro atoms. The molecule has 2 heterocycles. The van der Waals surface area contributed by atoms with Crippen LogP contribution in [0.3, 0.4) is 0 Å². The molecule has 2 aromatic heterocycles. The third-order valence-electron chi connectivity index (χ3n) is 2.41. The van der Waals surface area contributed by atoms with Crippen molar-refractivity contribution in [2.75, 3.05) is 11.1 Å². The number of nitrogen functional groups attached to an aromatic ring is 1. The number of nitrogens with two attached hydrogens (primary N) is 1. The summed E-state index contributed by atoms with van der Waals surface area (Å²) < 4.78 is 5.11. The van der Waals surface area contributed by atoms with Gasteiger partial charge in [-0.2, -0.15) is 4.37 Å². The van der Waals surface area contributed by atoms with Crippen LogP contribution in [0.1, 0.15) is 29.1 Å². The van der Waals surface area contributed by atoms with Gasteiger partial charge in [0.05, 0.1) is 6.54 Å². The van der Waals surface area contributed by atoms with Crippen LogP contribution in [-0.4, -0.2) is 16.3 Å². The molecular formula is C12H15BrN4OS2. The van der Waals surface area contributed by atoms with Gasteiger partial charge in [0.25, 0.3) is 5.91 Å². The molecule has 0 fully saturated rings. The number of carbonyl (C=O) groups is 1. The SMILES string of the molecule is CC(C)NC(=O)c1c(N)nsc1NCc1cc(Br)cs1. The smallest absolute Gasteiger partial charge is 0.258 e. The molecule has 2 rings (SSSR count). The molecule has 0 aliphatic heterocycles. The van der Waals surface area contributed by atoms with Crippen molar-refractivity contribution in [2.45, 2.75) is 26.4 Å². The van der Waals surface area contributed by atoms with Gasteiger partial charge in [-0.25, -0.2) is 0 Å². The van der Waals surface area contributed by atoms with Gasteiger partial charge >= 0.3 is 0 Å². The van der Waals surface area contributed by atoms with Gasteiger partial charge in [-0.05, 0) is 47.4 Å². The molecule has 0 saturated heterocycles. The Balaban J connectivity index is 2.10. The minimum Gasteiger partial charge on any atom is -0.382 e. The minimum absolute atomic E-state index is 0.0582. The molecule has 0 radical (unpaired) electrons. The molecule has 0 bridgehead atoms. The summed E-state index contributed by atoms with van der Waals surface area (Å²) >= 11 is 6.26. The highest BCUT2D eigenvalue weighted by Crippen LogP contribution is 2.28. The molecule has 1 amide bonds. The van der Waals surface area contributed by atoms with Gasteiger partial charge in [-0.15, -0.1) is 11.3 Å². The molecule has 0 aliphatic rings. The Hall–Kier alpha value is -1.12. The van der Waals surface area contributed by atoms with Gasteiger partial charge in [0.15, 0.2) is 5.82 Å². The fraction of sp³-hybridized carbons (Fsp3) is 0.333. The molecule has 5 nitrogen and oxygen atoms in total. The lowest BCUT2D eigenvalue weighted by Gasteiger charge is -2.09. The third kappa shape index (κ3) is 3.71. The van der Waals surface area contributed by atoms with Crippen LogP contribution in [0, 0.1) is 0 Å². The topological polar surface area (TPSA) is 80.0 Å². The van der Waals surface area contributed by atoms with E-state index in [4.69, 9.17) is 5.73 Å². The zero-order valence-electron chi connectivity index (χ0n) is 11.1. The lowest BCUT2D eigenvalue weighted by atomic mass is 10.2. The monoisotopic (exact) mass is 374 g/mol. The first-order valence-corrected chi connectivity index (χ1v) is 8.44. The highest BCUT2D eigenvalue weighted by molar-refractivity contribution is 9.10. The van der Waals surface area contributed by atoms with E-state index in [1.165, 1.54) is 16.4 Å². The Morgan fingerprint density at radius 1 is 1.55 bits per heavy atom. The molecule has 0 aliphatic carbocycles. The van der Waals surface area contributed by atoms with Crippen molar-refractivity contribution < 1.29 is 4.79 Å². The fourth-order valence-electron chi connectivity index (χ4n) is 1.59. The molecule has 4 N–H and O–H groups in total. The van der Waals surface area contributed by atoms with Crippen molar-refractivity contribution in [3.8, 4) is 0 Å². The van der Waals surface area contributed by atoms with Crippen LogP contribution in [0.15, 0.2) is 15.9 Å². The van der Waals surface area contributed by atoms with Crippen LogP contribution in [-0.2, 0) is 6.54 Å². The van der Waals surface area contributed by atoms with Crippen LogP contribution in [0.4, 0.5) is 10.8 Å².